The van der Waals surface area contributed by atoms with Crippen molar-refractivity contribution in [2.24, 2.45) is 0 Å². The molecule has 1 saturated heterocycles. The molecule has 0 saturated carbocycles. The third-order valence-electron chi connectivity index (χ3n) is 4.10. The van der Waals surface area contributed by atoms with E-state index in [2.05, 4.69) is 21.2 Å². The lowest BCUT2D eigenvalue weighted by molar-refractivity contribution is -0.132. The first kappa shape index (κ1) is 16.3. The number of nitrogens with one attached hydrogen (secondary N) is 1. The smallest absolute Gasteiger partial charge is 0.222 e. The lowest BCUT2D eigenvalue weighted by Crippen LogP contribution is -2.44. The summed E-state index contributed by atoms with van der Waals surface area (Å²) in [7, 11) is 3.64. The van der Waals surface area contributed by atoms with Crippen LogP contribution >= 0.6 is 15.9 Å². The van der Waals surface area contributed by atoms with Crippen LogP contribution in [0.2, 0.25) is 0 Å². The summed E-state index contributed by atoms with van der Waals surface area (Å²) in [6, 6.07) is 6.54. The Morgan fingerprint density at radius 2 is 2.14 bits per heavy atom. The minimum Gasteiger partial charge on any atom is -0.496 e. The van der Waals surface area contributed by atoms with Crippen molar-refractivity contribution >= 4 is 21.8 Å². The topological polar surface area (TPSA) is 41.6 Å². The van der Waals surface area contributed by atoms with Crippen molar-refractivity contribution in [2.75, 3.05) is 27.2 Å². The van der Waals surface area contributed by atoms with E-state index in [0.29, 0.717) is 12.5 Å². The molecule has 0 atom stereocenters. The summed E-state index contributed by atoms with van der Waals surface area (Å²) in [6.07, 6.45) is 3.45. The van der Waals surface area contributed by atoms with Crippen LogP contribution < -0.4 is 10.1 Å². The molecule has 0 aromatic heterocycles. The number of hydrogen-bond acceptors (Lipinski definition) is 3. The molecule has 1 fully saturated rings. The Bertz CT molecular complexity index is 485. The van der Waals surface area contributed by atoms with Crippen LogP contribution in [0, 0.1) is 0 Å². The van der Waals surface area contributed by atoms with Crippen LogP contribution in [0.4, 0.5) is 0 Å². The summed E-state index contributed by atoms with van der Waals surface area (Å²) >= 11 is 3.48. The fourth-order valence-corrected chi connectivity index (χ4v) is 3.28. The molecular formula is C16H23BrN2O2. The molecule has 5 heteroatoms. The van der Waals surface area contributed by atoms with Crippen LogP contribution in [-0.2, 0) is 11.2 Å². The molecule has 0 bridgehead atoms. The number of hydrogen-bond donors (Lipinski definition) is 1. The molecular weight excluding hydrogens is 332 g/mol. The molecule has 21 heavy (non-hydrogen) atoms. The predicted molar refractivity (Wildman–Crippen MR) is 87.7 cm³/mol. The van der Waals surface area contributed by atoms with Crippen molar-refractivity contribution in [3.05, 3.63) is 28.2 Å². The molecule has 1 N–H and O–H groups in total. The van der Waals surface area contributed by atoms with Gasteiger partial charge in [0.05, 0.1) is 11.6 Å². The Balaban J connectivity index is 1.83. The first-order valence-corrected chi connectivity index (χ1v) is 8.20. The van der Waals surface area contributed by atoms with Gasteiger partial charge in [-0.2, -0.15) is 0 Å². The van der Waals surface area contributed by atoms with E-state index in [0.717, 1.165) is 48.1 Å². The normalized spacial score (nSPS) is 16.0. The first-order valence-electron chi connectivity index (χ1n) is 7.41. The van der Waals surface area contributed by atoms with E-state index >= 15 is 0 Å². The Hall–Kier alpha value is -1.07. The van der Waals surface area contributed by atoms with Gasteiger partial charge in [0.25, 0.3) is 0 Å². The lowest BCUT2D eigenvalue weighted by Gasteiger charge is -2.31. The van der Waals surface area contributed by atoms with E-state index < -0.39 is 0 Å². The minimum absolute atomic E-state index is 0.261. The highest BCUT2D eigenvalue weighted by molar-refractivity contribution is 9.10. The van der Waals surface area contributed by atoms with E-state index in [-0.39, 0.29) is 5.91 Å². The van der Waals surface area contributed by atoms with Gasteiger partial charge in [0.15, 0.2) is 0 Å². The number of carbonyl (C=O) groups excluding carboxylic acids is 1. The maximum atomic E-state index is 12.2. The van der Waals surface area contributed by atoms with Gasteiger partial charge < -0.3 is 15.0 Å². The van der Waals surface area contributed by atoms with Gasteiger partial charge in [-0.3, -0.25) is 4.79 Å². The average molecular weight is 355 g/mol. The van der Waals surface area contributed by atoms with Gasteiger partial charge in [0.2, 0.25) is 5.91 Å². The molecule has 1 aliphatic rings. The zero-order chi connectivity index (χ0) is 15.2. The zero-order valence-electron chi connectivity index (χ0n) is 12.7. The molecule has 0 unspecified atom stereocenters. The number of nitrogens with zero attached hydrogens (tertiary/aromatic N) is 1. The lowest BCUT2D eigenvalue weighted by atomic mass is 10.0. The molecule has 116 valence electrons. The SMILES string of the molecule is CNC1CCN(C(=O)CCc2ccc(OC)c(Br)c2)CC1. The molecule has 2 rings (SSSR count). The zero-order valence-corrected chi connectivity index (χ0v) is 14.3. The van der Waals surface area contributed by atoms with Crippen LogP contribution in [0.3, 0.4) is 0 Å². The standard InChI is InChI=1S/C16H23BrN2O2/c1-18-13-7-9-19(10-8-13)16(20)6-4-12-3-5-15(21-2)14(17)11-12/h3,5,11,13,18H,4,6-10H2,1-2H3. The van der Waals surface area contributed by atoms with Crippen LogP contribution in [0.15, 0.2) is 22.7 Å². The summed E-state index contributed by atoms with van der Waals surface area (Å²) in [4.78, 5) is 14.2. The molecule has 4 nitrogen and oxygen atoms in total. The number of benzene rings is 1. The van der Waals surface area contributed by atoms with E-state index in [4.69, 9.17) is 4.74 Å². The molecule has 1 heterocycles. The van der Waals surface area contributed by atoms with Crippen molar-refractivity contribution in [3.8, 4) is 5.75 Å². The van der Waals surface area contributed by atoms with E-state index in [1.54, 1.807) is 7.11 Å². The quantitative estimate of drug-likeness (QED) is 0.883. The van der Waals surface area contributed by atoms with Gasteiger partial charge >= 0.3 is 0 Å². The predicted octanol–water partition coefficient (Wildman–Crippen LogP) is 2.60. The second-order valence-electron chi connectivity index (χ2n) is 5.41. The van der Waals surface area contributed by atoms with Crippen molar-refractivity contribution in [1.29, 1.82) is 0 Å². The van der Waals surface area contributed by atoms with Crippen molar-refractivity contribution < 1.29 is 9.53 Å². The maximum absolute atomic E-state index is 12.2. The summed E-state index contributed by atoms with van der Waals surface area (Å²) in [5.74, 6) is 1.08. The highest BCUT2D eigenvalue weighted by Gasteiger charge is 2.21. The highest BCUT2D eigenvalue weighted by Crippen LogP contribution is 2.26. The Kier molecular flexibility index (Phi) is 6.06. The largest absolute Gasteiger partial charge is 0.496 e. The van der Waals surface area contributed by atoms with Gasteiger partial charge in [-0.1, -0.05) is 6.07 Å². The summed E-state index contributed by atoms with van der Waals surface area (Å²) in [6.45, 7) is 1.74. The van der Waals surface area contributed by atoms with Gasteiger partial charge in [0, 0.05) is 25.6 Å². The van der Waals surface area contributed by atoms with Gasteiger partial charge in [-0.25, -0.2) is 0 Å². The number of piperidine rings is 1. The molecule has 1 aromatic rings. The Labute approximate surface area is 135 Å². The van der Waals surface area contributed by atoms with Crippen LogP contribution in [0.25, 0.3) is 0 Å². The van der Waals surface area contributed by atoms with Crippen LogP contribution in [0.1, 0.15) is 24.8 Å². The number of ether oxygens (including phenoxy) is 1. The van der Waals surface area contributed by atoms with Gasteiger partial charge in [0.1, 0.15) is 5.75 Å². The second-order valence-corrected chi connectivity index (χ2v) is 6.27. The third kappa shape index (κ3) is 4.45. The van der Waals surface area contributed by atoms with Gasteiger partial charge in [-0.15, -0.1) is 0 Å². The Morgan fingerprint density at radius 1 is 1.43 bits per heavy atom. The van der Waals surface area contributed by atoms with Crippen LogP contribution in [-0.4, -0.2) is 44.1 Å². The number of rotatable bonds is 5. The highest BCUT2D eigenvalue weighted by atomic mass is 79.9. The Morgan fingerprint density at radius 3 is 2.71 bits per heavy atom. The number of halogens is 1. The summed E-state index contributed by atoms with van der Waals surface area (Å²) < 4.78 is 6.15. The van der Waals surface area contributed by atoms with Gasteiger partial charge in [-0.05, 0) is 59.9 Å². The van der Waals surface area contributed by atoms with Crippen molar-refractivity contribution in [1.82, 2.24) is 10.2 Å². The van der Waals surface area contributed by atoms with Crippen LogP contribution in [0.5, 0.6) is 5.75 Å². The number of aryl methyl sites for hydroxylation is 1. The monoisotopic (exact) mass is 354 g/mol. The van der Waals surface area contributed by atoms with E-state index in [9.17, 15) is 4.79 Å². The first-order chi connectivity index (χ1) is 10.1. The molecule has 1 amide bonds. The fourth-order valence-electron chi connectivity index (χ4n) is 2.69. The van der Waals surface area contributed by atoms with E-state index in [1.165, 1.54) is 0 Å². The number of carbonyl (C=O) groups is 1. The molecule has 1 aliphatic heterocycles. The maximum Gasteiger partial charge on any atom is 0.222 e. The molecule has 0 spiro atoms. The average Bonchev–Trinajstić information content (AvgIpc) is 2.52. The van der Waals surface area contributed by atoms with Crippen molar-refractivity contribution in [2.45, 2.75) is 31.7 Å². The van der Waals surface area contributed by atoms with Crippen molar-refractivity contribution in [3.63, 3.8) is 0 Å². The molecule has 0 aliphatic carbocycles. The van der Waals surface area contributed by atoms with E-state index in [1.807, 2.05) is 30.1 Å². The minimum atomic E-state index is 0.261. The number of methoxy groups -OCH3 is 1. The summed E-state index contributed by atoms with van der Waals surface area (Å²) in [5.41, 5.74) is 1.15. The second kappa shape index (κ2) is 7.80. The number of amides is 1. The fraction of sp³-hybridized carbons (Fsp3) is 0.562. The molecule has 1 aromatic carbocycles. The third-order valence-corrected chi connectivity index (χ3v) is 4.72. The molecule has 0 radical (unpaired) electrons. The summed E-state index contributed by atoms with van der Waals surface area (Å²) in [5, 5.41) is 3.28. The number of likely N-dealkylation sites (tertiary alicyclic amines) is 1.